The van der Waals surface area contributed by atoms with Gasteiger partial charge in [0.25, 0.3) is 5.91 Å². The highest BCUT2D eigenvalue weighted by Gasteiger charge is 2.11. The van der Waals surface area contributed by atoms with Gasteiger partial charge in [-0.25, -0.2) is 4.98 Å². The number of likely N-dealkylation sites (N-methyl/N-ethyl adjacent to an activating group) is 1. The zero-order valence-corrected chi connectivity index (χ0v) is 11.0. The molecule has 0 bridgehead atoms. The molecule has 0 fully saturated rings. The number of halogens is 1. The maximum Gasteiger partial charge on any atom is 0.260 e. The Morgan fingerprint density at radius 3 is 2.75 bits per heavy atom. The molecule has 5 heteroatoms. The maximum atomic E-state index is 11.7. The fourth-order valence-electron chi connectivity index (χ4n) is 1.29. The van der Waals surface area contributed by atoms with Crippen LogP contribution in [-0.2, 0) is 4.79 Å². The molecule has 1 aromatic heterocycles. The number of amides is 1. The van der Waals surface area contributed by atoms with Crippen LogP contribution in [0.5, 0.6) is 5.75 Å². The molecule has 1 amide bonds. The lowest BCUT2D eigenvalue weighted by Crippen LogP contribution is -2.34. The summed E-state index contributed by atoms with van der Waals surface area (Å²) in [6.45, 7) is 5.34. The highest BCUT2D eigenvalue weighted by molar-refractivity contribution is 9.10. The second-order valence-corrected chi connectivity index (χ2v) is 3.90. The quantitative estimate of drug-likeness (QED) is 0.779. The molecule has 0 spiro atoms. The Bertz CT molecular complexity index is 354. The van der Waals surface area contributed by atoms with Crippen LogP contribution in [0.25, 0.3) is 0 Å². The standard InChI is InChI=1S/C11H15BrN2O2/c1-3-14(4-2)10(15)8-16-9-6-5-7-13-11(9)12/h5-7H,3-4,8H2,1-2H3. The van der Waals surface area contributed by atoms with Crippen LogP contribution in [0, 0.1) is 0 Å². The van der Waals surface area contributed by atoms with E-state index in [1.807, 2.05) is 13.8 Å². The first kappa shape index (κ1) is 13.0. The number of aromatic nitrogens is 1. The molecule has 0 aliphatic rings. The van der Waals surface area contributed by atoms with E-state index in [4.69, 9.17) is 4.74 Å². The number of rotatable bonds is 5. The summed E-state index contributed by atoms with van der Waals surface area (Å²) in [4.78, 5) is 17.4. The molecule has 1 rings (SSSR count). The van der Waals surface area contributed by atoms with Crippen molar-refractivity contribution in [3.8, 4) is 5.75 Å². The van der Waals surface area contributed by atoms with E-state index < -0.39 is 0 Å². The van der Waals surface area contributed by atoms with Crippen molar-refractivity contribution in [1.29, 1.82) is 0 Å². The van der Waals surface area contributed by atoms with Gasteiger partial charge in [0.1, 0.15) is 4.60 Å². The van der Waals surface area contributed by atoms with Crippen molar-refractivity contribution >= 4 is 21.8 Å². The van der Waals surface area contributed by atoms with Crippen LogP contribution in [-0.4, -0.2) is 35.5 Å². The largest absolute Gasteiger partial charge is 0.481 e. The third-order valence-electron chi connectivity index (χ3n) is 2.19. The number of carbonyl (C=O) groups excluding carboxylic acids is 1. The molecule has 0 unspecified atom stereocenters. The predicted molar refractivity (Wildman–Crippen MR) is 65.4 cm³/mol. The summed E-state index contributed by atoms with van der Waals surface area (Å²) in [6.07, 6.45) is 1.66. The lowest BCUT2D eigenvalue weighted by Gasteiger charge is -2.18. The molecule has 88 valence electrons. The first-order valence-electron chi connectivity index (χ1n) is 5.20. The summed E-state index contributed by atoms with van der Waals surface area (Å²) in [6, 6.07) is 3.54. The fourth-order valence-corrected chi connectivity index (χ4v) is 1.65. The lowest BCUT2D eigenvalue weighted by molar-refractivity contribution is -0.132. The molecule has 1 aromatic rings. The Morgan fingerprint density at radius 2 is 2.19 bits per heavy atom. The van der Waals surface area contributed by atoms with Crippen LogP contribution in [0.15, 0.2) is 22.9 Å². The Hall–Kier alpha value is -1.10. The van der Waals surface area contributed by atoms with Gasteiger partial charge >= 0.3 is 0 Å². The Balaban J connectivity index is 2.52. The minimum Gasteiger partial charge on any atom is -0.481 e. The maximum absolute atomic E-state index is 11.7. The highest BCUT2D eigenvalue weighted by Crippen LogP contribution is 2.20. The van der Waals surface area contributed by atoms with Crippen molar-refractivity contribution < 1.29 is 9.53 Å². The van der Waals surface area contributed by atoms with Gasteiger partial charge in [0, 0.05) is 19.3 Å². The molecular formula is C11H15BrN2O2. The molecule has 0 saturated heterocycles. The van der Waals surface area contributed by atoms with E-state index in [1.165, 1.54) is 0 Å². The average Bonchev–Trinajstić information content (AvgIpc) is 2.29. The number of pyridine rings is 1. The van der Waals surface area contributed by atoms with Gasteiger partial charge in [-0.15, -0.1) is 0 Å². The molecule has 0 saturated carbocycles. The van der Waals surface area contributed by atoms with Crippen molar-refractivity contribution in [2.45, 2.75) is 13.8 Å². The zero-order chi connectivity index (χ0) is 12.0. The normalized spacial score (nSPS) is 9.94. The average molecular weight is 287 g/mol. The molecule has 0 N–H and O–H groups in total. The number of carbonyl (C=O) groups is 1. The summed E-state index contributed by atoms with van der Waals surface area (Å²) < 4.78 is 6.00. The molecular weight excluding hydrogens is 272 g/mol. The Morgan fingerprint density at radius 1 is 1.50 bits per heavy atom. The van der Waals surface area contributed by atoms with E-state index in [-0.39, 0.29) is 12.5 Å². The van der Waals surface area contributed by atoms with E-state index in [1.54, 1.807) is 23.2 Å². The molecule has 0 radical (unpaired) electrons. The summed E-state index contributed by atoms with van der Waals surface area (Å²) >= 11 is 3.26. The molecule has 0 aromatic carbocycles. The third kappa shape index (κ3) is 3.48. The number of hydrogen-bond donors (Lipinski definition) is 0. The van der Waals surface area contributed by atoms with Gasteiger partial charge in [0.2, 0.25) is 0 Å². The van der Waals surface area contributed by atoms with Crippen LogP contribution in [0.3, 0.4) is 0 Å². The van der Waals surface area contributed by atoms with Crippen LogP contribution in [0.1, 0.15) is 13.8 Å². The number of nitrogens with zero attached hydrogens (tertiary/aromatic N) is 2. The van der Waals surface area contributed by atoms with Crippen LogP contribution in [0.4, 0.5) is 0 Å². The van der Waals surface area contributed by atoms with Crippen molar-refractivity contribution in [3.05, 3.63) is 22.9 Å². The number of ether oxygens (including phenoxy) is 1. The monoisotopic (exact) mass is 286 g/mol. The molecule has 0 atom stereocenters. The first-order valence-corrected chi connectivity index (χ1v) is 5.99. The van der Waals surface area contributed by atoms with Gasteiger partial charge < -0.3 is 9.64 Å². The third-order valence-corrected chi connectivity index (χ3v) is 2.79. The van der Waals surface area contributed by atoms with E-state index in [9.17, 15) is 4.79 Å². The van der Waals surface area contributed by atoms with Gasteiger partial charge in [0.05, 0.1) is 0 Å². The second kappa shape index (κ2) is 6.48. The molecule has 16 heavy (non-hydrogen) atoms. The zero-order valence-electron chi connectivity index (χ0n) is 9.44. The van der Waals surface area contributed by atoms with Crippen molar-refractivity contribution in [1.82, 2.24) is 9.88 Å². The lowest BCUT2D eigenvalue weighted by atomic mass is 10.4. The molecule has 0 aliphatic heterocycles. The van der Waals surface area contributed by atoms with Crippen molar-refractivity contribution in [2.75, 3.05) is 19.7 Å². The first-order chi connectivity index (χ1) is 7.69. The molecule has 0 aliphatic carbocycles. The van der Waals surface area contributed by atoms with Gasteiger partial charge in [0.15, 0.2) is 12.4 Å². The Labute approximate surface area is 104 Å². The van der Waals surface area contributed by atoms with Gasteiger partial charge in [-0.3, -0.25) is 4.79 Å². The molecule has 1 heterocycles. The highest BCUT2D eigenvalue weighted by atomic mass is 79.9. The predicted octanol–water partition coefficient (Wildman–Crippen LogP) is 2.09. The summed E-state index contributed by atoms with van der Waals surface area (Å²) in [7, 11) is 0. The Kier molecular flexibility index (Phi) is 5.25. The topological polar surface area (TPSA) is 42.4 Å². The van der Waals surface area contributed by atoms with Crippen LogP contribution in [0.2, 0.25) is 0 Å². The van der Waals surface area contributed by atoms with Gasteiger partial charge in [-0.05, 0) is 41.9 Å². The van der Waals surface area contributed by atoms with E-state index in [0.717, 1.165) is 0 Å². The summed E-state index contributed by atoms with van der Waals surface area (Å²) in [5.74, 6) is 0.573. The second-order valence-electron chi connectivity index (χ2n) is 3.15. The minimum absolute atomic E-state index is 0.0132. The van der Waals surface area contributed by atoms with Gasteiger partial charge in [-0.1, -0.05) is 0 Å². The van der Waals surface area contributed by atoms with Crippen LogP contribution >= 0.6 is 15.9 Å². The SMILES string of the molecule is CCN(CC)C(=O)COc1cccnc1Br. The van der Waals surface area contributed by atoms with Crippen LogP contribution < -0.4 is 4.74 Å². The fraction of sp³-hybridized carbons (Fsp3) is 0.455. The van der Waals surface area contributed by atoms with Crippen molar-refractivity contribution in [3.63, 3.8) is 0 Å². The summed E-state index contributed by atoms with van der Waals surface area (Å²) in [5.41, 5.74) is 0. The van der Waals surface area contributed by atoms with Crippen molar-refractivity contribution in [2.24, 2.45) is 0 Å². The summed E-state index contributed by atoms with van der Waals surface area (Å²) in [5, 5.41) is 0. The van der Waals surface area contributed by atoms with E-state index >= 15 is 0 Å². The smallest absolute Gasteiger partial charge is 0.260 e. The molecule has 4 nitrogen and oxygen atoms in total. The minimum atomic E-state index is -0.0132. The van der Waals surface area contributed by atoms with Gasteiger partial charge in [-0.2, -0.15) is 0 Å². The van der Waals surface area contributed by atoms with E-state index in [0.29, 0.717) is 23.4 Å². The number of hydrogen-bond acceptors (Lipinski definition) is 3. The van der Waals surface area contributed by atoms with E-state index in [2.05, 4.69) is 20.9 Å².